The Balaban J connectivity index is 1.19. The summed E-state index contributed by atoms with van der Waals surface area (Å²) >= 11 is 0. The molecule has 4 rings (SSSR count). The van der Waals surface area contributed by atoms with Gasteiger partial charge in [0.15, 0.2) is 9.84 Å². The van der Waals surface area contributed by atoms with Crippen molar-refractivity contribution in [1.29, 1.82) is 0 Å². The lowest BCUT2D eigenvalue weighted by Crippen LogP contribution is -2.40. The lowest BCUT2D eigenvalue weighted by atomic mass is 9.94. The molecule has 0 spiro atoms. The minimum Gasteiger partial charge on any atom is -0.490 e. The van der Waals surface area contributed by atoms with E-state index in [0.717, 1.165) is 68.9 Å². The zero-order valence-electron chi connectivity index (χ0n) is 18.2. The third-order valence-corrected chi connectivity index (χ3v) is 7.18. The van der Waals surface area contributed by atoms with Crippen LogP contribution in [0.25, 0.3) is 0 Å². The molecule has 1 aromatic carbocycles. The van der Waals surface area contributed by atoms with Crippen molar-refractivity contribution < 1.29 is 17.9 Å². The fourth-order valence-corrected chi connectivity index (χ4v) is 4.89. The van der Waals surface area contributed by atoms with Crippen molar-refractivity contribution in [2.45, 2.75) is 68.7 Å². The van der Waals surface area contributed by atoms with E-state index in [9.17, 15) is 8.42 Å². The van der Waals surface area contributed by atoms with E-state index in [1.54, 1.807) is 24.3 Å². The second kappa shape index (κ2) is 9.53. The molecule has 0 unspecified atom stereocenters. The monoisotopic (exact) mass is 445 g/mol. The van der Waals surface area contributed by atoms with Crippen molar-refractivity contribution in [3.05, 3.63) is 42.2 Å². The number of anilines is 1. The van der Waals surface area contributed by atoms with Gasteiger partial charge >= 0.3 is 0 Å². The Kier molecular flexibility index (Phi) is 6.77. The molecule has 0 atom stereocenters. The summed E-state index contributed by atoms with van der Waals surface area (Å²) in [5.74, 6) is 1.54. The van der Waals surface area contributed by atoms with Gasteiger partial charge in [-0.05, 0) is 75.3 Å². The lowest BCUT2D eigenvalue weighted by molar-refractivity contribution is -0.0528. The molecule has 0 amide bonds. The zero-order valence-corrected chi connectivity index (χ0v) is 19.1. The van der Waals surface area contributed by atoms with Gasteiger partial charge < -0.3 is 14.4 Å². The first-order chi connectivity index (χ1) is 14.9. The van der Waals surface area contributed by atoms with Gasteiger partial charge in [-0.1, -0.05) is 0 Å². The zero-order chi connectivity index (χ0) is 21.8. The van der Waals surface area contributed by atoms with E-state index in [-0.39, 0.29) is 6.10 Å². The maximum Gasteiger partial charge on any atom is 0.225 e. The molecule has 1 aliphatic carbocycles. The number of sulfone groups is 1. The molecule has 0 bridgehead atoms. The second-order valence-corrected chi connectivity index (χ2v) is 10.7. The molecule has 2 heterocycles. The number of aromatic nitrogens is 2. The predicted octanol–water partition coefficient (Wildman–Crippen LogP) is 3.56. The molecule has 0 N–H and O–H groups in total. The minimum atomic E-state index is -3.18. The number of hydrogen-bond donors (Lipinski definition) is 0. The van der Waals surface area contributed by atoms with E-state index in [4.69, 9.17) is 9.47 Å². The highest BCUT2D eigenvalue weighted by atomic mass is 32.2. The Morgan fingerprint density at radius 3 is 2.00 bits per heavy atom. The average Bonchev–Trinajstić information content (AvgIpc) is 2.76. The molecule has 8 heteroatoms. The number of piperidine rings is 1. The van der Waals surface area contributed by atoms with Crippen LogP contribution in [0.5, 0.6) is 5.75 Å². The van der Waals surface area contributed by atoms with Crippen LogP contribution in [0.3, 0.4) is 0 Å². The van der Waals surface area contributed by atoms with Crippen LogP contribution < -0.4 is 9.64 Å². The molecule has 2 aromatic rings. The highest BCUT2D eigenvalue weighted by molar-refractivity contribution is 7.90. The maximum absolute atomic E-state index is 11.6. The molecule has 2 aliphatic rings. The van der Waals surface area contributed by atoms with Gasteiger partial charge in [-0.2, -0.15) is 0 Å². The van der Waals surface area contributed by atoms with Crippen molar-refractivity contribution >= 4 is 15.8 Å². The molecule has 1 saturated carbocycles. The van der Waals surface area contributed by atoms with Gasteiger partial charge in [0.1, 0.15) is 5.75 Å². The largest absolute Gasteiger partial charge is 0.490 e. The summed E-state index contributed by atoms with van der Waals surface area (Å²) < 4.78 is 35.6. The van der Waals surface area contributed by atoms with Crippen LogP contribution in [-0.4, -0.2) is 56.0 Å². The minimum absolute atomic E-state index is 0.157. The number of nitrogens with zero attached hydrogens (tertiary/aromatic N) is 3. The molecule has 31 heavy (non-hydrogen) atoms. The lowest BCUT2D eigenvalue weighted by Gasteiger charge is -2.36. The fourth-order valence-electron chi connectivity index (χ4n) is 4.26. The molecule has 1 aromatic heterocycles. The first-order valence-corrected chi connectivity index (χ1v) is 12.9. The normalized spacial score (nSPS) is 23.0. The maximum atomic E-state index is 11.6. The molecule has 0 radical (unpaired) electrons. The summed E-state index contributed by atoms with van der Waals surface area (Å²) in [6, 6.07) is 6.69. The van der Waals surface area contributed by atoms with Gasteiger partial charge in [-0.25, -0.2) is 18.4 Å². The van der Waals surface area contributed by atoms with Gasteiger partial charge in [0, 0.05) is 31.7 Å². The van der Waals surface area contributed by atoms with E-state index in [0.29, 0.717) is 17.1 Å². The molecule has 1 saturated heterocycles. The van der Waals surface area contributed by atoms with Gasteiger partial charge in [0.2, 0.25) is 5.95 Å². The Morgan fingerprint density at radius 1 is 0.871 bits per heavy atom. The molecule has 1 aliphatic heterocycles. The third kappa shape index (κ3) is 5.95. The number of benzene rings is 1. The van der Waals surface area contributed by atoms with Crippen LogP contribution in [0.1, 0.15) is 44.1 Å². The van der Waals surface area contributed by atoms with Crippen molar-refractivity contribution in [1.82, 2.24) is 9.97 Å². The molecule has 2 fully saturated rings. The van der Waals surface area contributed by atoms with E-state index in [1.807, 2.05) is 19.3 Å². The first kappa shape index (κ1) is 22.0. The second-order valence-electron chi connectivity index (χ2n) is 8.64. The SMILES string of the molecule is Cc1cnc(N2CCC(O[C@H]3CC[C@H](Oc4ccc(S(C)(=O)=O)cc4)CC3)CC2)nc1. The van der Waals surface area contributed by atoms with Gasteiger partial charge in [-0.15, -0.1) is 0 Å². The van der Waals surface area contributed by atoms with Crippen molar-refractivity contribution in [2.24, 2.45) is 0 Å². The first-order valence-electron chi connectivity index (χ1n) is 11.0. The summed E-state index contributed by atoms with van der Waals surface area (Å²) in [6.45, 7) is 3.85. The number of hydrogen-bond acceptors (Lipinski definition) is 7. The number of aryl methyl sites for hydroxylation is 1. The van der Waals surface area contributed by atoms with E-state index < -0.39 is 9.84 Å². The predicted molar refractivity (Wildman–Crippen MR) is 119 cm³/mol. The van der Waals surface area contributed by atoms with Gasteiger partial charge in [-0.3, -0.25) is 0 Å². The van der Waals surface area contributed by atoms with E-state index in [1.165, 1.54) is 6.26 Å². The van der Waals surface area contributed by atoms with Crippen LogP contribution >= 0.6 is 0 Å². The summed E-state index contributed by atoms with van der Waals surface area (Å²) in [5, 5.41) is 0. The van der Waals surface area contributed by atoms with Crippen LogP contribution in [0.4, 0.5) is 5.95 Å². The third-order valence-electron chi connectivity index (χ3n) is 6.05. The summed E-state index contributed by atoms with van der Waals surface area (Å²) in [6.07, 6.45) is 11.6. The Labute approximate surface area is 184 Å². The van der Waals surface area contributed by atoms with Crippen LogP contribution in [-0.2, 0) is 14.6 Å². The molecule has 7 nitrogen and oxygen atoms in total. The van der Waals surface area contributed by atoms with Crippen molar-refractivity contribution in [3.8, 4) is 5.75 Å². The smallest absolute Gasteiger partial charge is 0.225 e. The highest BCUT2D eigenvalue weighted by Gasteiger charge is 2.28. The highest BCUT2D eigenvalue weighted by Crippen LogP contribution is 2.29. The van der Waals surface area contributed by atoms with Crippen molar-refractivity contribution in [3.63, 3.8) is 0 Å². The molecular weight excluding hydrogens is 414 g/mol. The van der Waals surface area contributed by atoms with Crippen molar-refractivity contribution in [2.75, 3.05) is 24.2 Å². The summed E-state index contributed by atoms with van der Waals surface area (Å²) in [4.78, 5) is 11.4. The van der Waals surface area contributed by atoms with E-state index >= 15 is 0 Å². The molecular formula is C23H31N3O4S. The quantitative estimate of drug-likeness (QED) is 0.672. The molecule has 168 valence electrons. The average molecular weight is 446 g/mol. The van der Waals surface area contributed by atoms with Crippen LogP contribution in [0.2, 0.25) is 0 Å². The topological polar surface area (TPSA) is 81.6 Å². The summed E-state index contributed by atoms with van der Waals surface area (Å²) in [7, 11) is -3.18. The van der Waals surface area contributed by atoms with Gasteiger partial charge in [0.25, 0.3) is 0 Å². The Morgan fingerprint density at radius 2 is 1.42 bits per heavy atom. The Bertz CT molecular complexity index is 947. The fraction of sp³-hybridized carbons (Fsp3) is 0.565. The summed E-state index contributed by atoms with van der Waals surface area (Å²) in [5.41, 5.74) is 1.08. The number of ether oxygens (including phenoxy) is 2. The van der Waals surface area contributed by atoms with Crippen LogP contribution in [0, 0.1) is 6.92 Å². The number of rotatable bonds is 6. The van der Waals surface area contributed by atoms with E-state index in [2.05, 4.69) is 14.9 Å². The standard InChI is InChI=1S/C23H31N3O4S/c1-17-15-24-23(25-16-17)26-13-11-21(12-14-26)30-19-5-3-18(4-6-19)29-20-7-9-22(10-8-20)31(2,27)28/h7-10,15-16,18-19,21H,3-6,11-14H2,1-2H3/t18-,19-. The van der Waals surface area contributed by atoms with Gasteiger partial charge in [0.05, 0.1) is 23.2 Å². The Hall–Kier alpha value is -2.19. The van der Waals surface area contributed by atoms with Crippen LogP contribution in [0.15, 0.2) is 41.6 Å².